The van der Waals surface area contributed by atoms with Gasteiger partial charge >= 0.3 is 0 Å². The van der Waals surface area contributed by atoms with Crippen molar-refractivity contribution >= 4 is 10.1 Å². The van der Waals surface area contributed by atoms with Crippen molar-refractivity contribution in [3.05, 3.63) is 35.4 Å². The summed E-state index contributed by atoms with van der Waals surface area (Å²) in [5.41, 5.74) is 1.89. The maximum absolute atomic E-state index is 12.0. The van der Waals surface area contributed by atoms with Crippen LogP contribution in [0.4, 0.5) is 0 Å². The van der Waals surface area contributed by atoms with Crippen LogP contribution in [0.5, 0.6) is 0 Å². The summed E-state index contributed by atoms with van der Waals surface area (Å²) in [6, 6.07) is 7.79. The van der Waals surface area contributed by atoms with Crippen LogP contribution in [-0.4, -0.2) is 13.0 Å². The first-order chi connectivity index (χ1) is 11.9. The van der Waals surface area contributed by atoms with Gasteiger partial charge in [-0.1, -0.05) is 96.4 Å². The van der Waals surface area contributed by atoms with E-state index in [1.54, 1.807) is 0 Å². The van der Waals surface area contributed by atoms with Gasteiger partial charge in [-0.3, -0.25) is 4.55 Å². The highest BCUT2D eigenvalue weighted by molar-refractivity contribution is 7.86. The summed E-state index contributed by atoms with van der Waals surface area (Å²) in [7, 11) is -4.09. The van der Waals surface area contributed by atoms with Crippen molar-refractivity contribution < 1.29 is 13.0 Å². The second-order valence-corrected chi connectivity index (χ2v) is 8.77. The van der Waals surface area contributed by atoms with Gasteiger partial charge in [0.05, 0.1) is 0 Å². The zero-order valence-electron chi connectivity index (χ0n) is 16.2. The van der Waals surface area contributed by atoms with Crippen LogP contribution in [0.3, 0.4) is 0 Å². The molecule has 25 heavy (non-hydrogen) atoms. The fourth-order valence-electron chi connectivity index (χ4n) is 3.51. The summed E-state index contributed by atoms with van der Waals surface area (Å²) in [6.07, 6.45) is 10.1. The molecule has 1 N–H and O–H groups in total. The Balaban J connectivity index is 2.98. The molecular weight excluding hydrogens is 332 g/mol. The lowest BCUT2D eigenvalue weighted by Crippen LogP contribution is -2.16. The third kappa shape index (κ3) is 7.91. The highest BCUT2D eigenvalue weighted by Gasteiger charge is 2.27. The molecule has 0 aliphatic heterocycles. The Morgan fingerprint density at radius 3 is 2.20 bits per heavy atom. The molecule has 0 saturated carbocycles. The Bertz CT molecular complexity index is 581. The van der Waals surface area contributed by atoms with Gasteiger partial charge in [-0.25, -0.2) is 0 Å². The number of hydrogen-bond donors (Lipinski definition) is 1. The predicted octanol–water partition coefficient (Wildman–Crippen LogP) is 6.34. The normalized spacial score (nSPS) is 14.4. The summed E-state index contributed by atoms with van der Waals surface area (Å²) in [6.45, 7) is 6.54. The van der Waals surface area contributed by atoms with Crippen molar-refractivity contribution in [1.29, 1.82) is 0 Å². The Kier molecular flexibility index (Phi) is 10.4. The zero-order chi connectivity index (χ0) is 18.7. The molecule has 0 amide bonds. The molecule has 1 rings (SSSR count). The van der Waals surface area contributed by atoms with Crippen LogP contribution in [0.15, 0.2) is 24.3 Å². The molecule has 3 nitrogen and oxygen atoms in total. The lowest BCUT2D eigenvalue weighted by molar-refractivity contribution is 0.442. The average Bonchev–Trinajstić information content (AvgIpc) is 2.58. The minimum Gasteiger partial charge on any atom is -0.285 e. The van der Waals surface area contributed by atoms with E-state index in [0.29, 0.717) is 12.3 Å². The van der Waals surface area contributed by atoms with E-state index in [1.807, 2.05) is 24.3 Å². The smallest absolute Gasteiger partial charge is 0.271 e. The maximum Gasteiger partial charge on any atom is 0.271 e. The summed E-state index contributed by atoms with van der Waals surface area (Å²) in [4.78, 5) is 0. The fourth-order valence-corrected chi connectivity index (χ4v) is 4.53. The van der Waals surface area contributed by atoms with Crippen LogP contribution < -0.4 is 0 Å². The molecule has 0 aromatic heterocycles. The molecule has 2 unspecified atom stereocenters. The van der Waals surface area contributed by atoms with Gasteiger partial charge in [0.25, 0.3) is 10.1 Å². The first-order valence-corrected chi connectivity index (χ1v) is 11.5. The van der Waals surface area contributed by atoms with E-state index in [0.717, 1.165) is 49.7 Å². The summed E-state index contributed by atoms with van der Waals surface area (Å²) in [5.74, 6) is 0.572. The summed E-state index contributed by atoms with van der Waals surface area (Å²) < 4.78 is 33.9. The van der Waals surface area contributed by atoms with Crippen LogP contribution in [-0.2, 0) is 16.5 Å². The van der Waals surface area contributed by atoms with E-state index in [2.05, 4.69) is 20.8 Å². The number of benzene rings is 1. The quantitative estimate of drug-likeness (QED) is 0.326. The first kappa shape index (κ1) is 22.2. The molecule has 1 aromatic carbocycles. The van der Waals surface area contributed by atoms with Gasteiger partial charge in [-0.15, -0.1) is 0 Å². The largest absolute Gasteiger partial charge is 0.285 e. The molecule has 0 radical (unpaired) electrons. The Labute approximate surface area is 155 Å². The summed E-state index contributed by atoms with van der Waals surface area (Å²) in [5, 5.41) is -0.788. The van der Waals surface area contributed by atoms with Gasteiger partial charge in [0.15, 0.2) is 0 Å². The molecule has 0 aliphatic rings. The van der Waals surface area contributed by atoms with Crippen molar-refractivity contribution in [2.24, 2.45) is 5.92 Å². The predicted molar refractivity (Wildman–Crippen MR) is 107 cm³/mol. The standard InChI is InChI=1S/C21H36O3S/c1-4-7-9-10-16-21(25(22,23)24)20-15-12-11-14-19(20)17-18(6-3)13-8-5-2/h11-12,14-15,18,21H,4-10,13,16-17H2,1-3H3,(H,22,23,24). The highest BCUT2D eigenvalue weighted by atomic mass is 32.2. The second kappa shape index (κ2) is 11.7. The first-order valence-electron chi connectivity index (χ1n) is 9.98. The Morgan fingerprint density at radius 2 is 1.60 bits per heavy atom. The zero-order valence-corrected chi connectivity index (χ0v) is 17.0. The topological polar surface area (TPSA) is 54.4 Å². The minimum atomic E-state index is -4.09. The van der Waals surface area contributed by atoms with E-state index < -0.39 is 15.4 Å². The number of rotatable bonds is 13. The Hall–Kier alpha value is -0.870. The van der Waals surface area contributed by atoms with E-state index in [-0.39, 0.29) is 0 Å². The monoisotopic (exact) mass is 368 g/mol. The van der Waals surface area contributed by atoms with Gasteiger partial charge < -0.3 is 0 Å². The molecule has 0 spiro atoms. The van der Waals surface area contributed by atoms with Crippen molar-refractivity contribution in [2.45, 2.75) is 90.2 Å². The average molecular weight is 369 g/mol. The lowest BCUT2D eigenvalue weighted by atomic mass is 9.88. The molecule has 0 aliphatic carbocycles. The van der Waals surface area contributed by atoms with Gasteiger partial charge in [0.2, 0.25) is 0 Å². The van der Waals surface area contributed by atoms with Crippen LogP contribution in [0, 0.1) is 5.92 Å². The van der Waals surface area contributed by atoms with E-state index in [9.17, 15) is 13.0 Å². The van der Waals surface area contributed by atoms with Crippen molar-refractivity contribution in [2.75, 3.05) is 0 Å². The van der Waals surface area contributed by atoms with Crippen molar-refractivity contribution in [3.63, 3.8) is 0 Å². The van der Waals surface area contributed by atoms with Gasteiger partial charge in [0.1, 0.15) is 5.25 Å². The molecule has 0 saturated heterocycles. The second-order valence-electron chi connectivity index (χ2n) is 7.17. The molecule has 144 valence electrons. The molecule has 1 aromatic rings. The fraction of sp³-hybridized carbons (Fsp3) is 0.714. The van der Waals surface area contributed by atoms with Crippen molar-refractivity contribution in [1.82, 2.24) is 0 Å². The molecular formula is C21H36O3S. The molecule has 2 atom stereocenters. The van der Waals surface area contributed by atoms with Crippen LogP contribution in [0.2, 0.25) is 0 Å². The van der Waals surface area contributed by atoms with Gasteiger partial charge in [-0.05, 0) is 29.9 Å². The molecule has 0 heterocycles. The van der Waals surface area contributed by atoms with E-state index in [4.69, 9.17) is 0 Å². The summed E-state index contributed by atoms with van der Waals surface area (Å²) >= 11 is 0. The Morgan fingerprint density at radius 1 is 0.920 bits per heavy atom. The lowest BCUT2D eigenvalue weighted by Gasteiger charge is -2.21. The van der Waals surface area contributed by atoms with E-state index >= 15 is 0 Å². The third-order valence-electron chi connectivity index (χ3n) is 5.13. The number of unbranched alkanes of at least 4 members (excludes halogenated alkanes) is 4. The molecule has 4 heteroatoms. The van der Waals surface area contributed by atoms with E-state index in [1.165, 1.54) is 19.3 Å². The molecule has 0 fully saturated rings. The third-order valence-corrected chi connectivity index (χ3v) is 6.34. The van der Waals surface area contributed by atoms with Crippen LogP contribution >= 0.6 is 0 Å². The van der Waals surface area contributed by atoms with Crippen molar-refractivity contribution in [3.8, 4) is 0 Å². The maximum atomic E-state index is 12.0. The minimum absolute atomic E-state index is 0.502. The van der Waals surface area contributed by atoms with Gasteiger partial charge in [-0.2, -0.15) is 8.42 Å². The SMILES string of the molecule is CCCCCCC(c1ccccc1CC(CC)CCCC)S(=O)(=O)O. The highest BCUT2D eigenvalue weighted by Crippen LogP contribution is 2.32. The van der Waals surface area contributed by atoms with Crippen LogP contribution in [0.1, 0.15) is 94.9 Å². The van der Waals surface area contributed by atoms with Crippen LogP contribution in [0.25, 0.3) is 0 Å². The number of hydrogen-bond acceptors (Lipinski definition) is 2. The van der Waals surface area contributed by atoms with Gasteiger partial charge in [0, 0.05) is 0 Å². The molecule has 0 bridgehead atoms.